The monoisotopic (exact) mass is 355 g/mol. The van der Waals surface area contributed by atoms with Gasteiger partial charge < -0.3 is 4.74 Å². The summed E-state index contributed by atoms with van der Waals surface area (Å²) in [5, 5.41) is 0. The molecule has 1 aromatic carbocycles. The third kappa shape index (κ3) is 3.04. The largest absolute Gasteiger partial charge is 0.497 e. The van der Waals surface area contributed by atoms with Crippen molar-refractivity contribution in [1.82, 2.24) is 4.90 Å². The van der Waals surface area contributed by atoms with Gasteiger partial charge in [0.05, 0.1) is 13.7 Å². The summed E-state index contributed by atoms with van der Waals surface area (Å²) in [5.41, 5.74) is 0.997. The SMILES string of the molecule is COc1ccc(CN2C(=O)CC3(CC2=O)CC2(CCC(=O)CC2)C3)cc1. The molecular formula is C21H25NO4. The van der Waals surface area contributed by atoms with Crippen LogP contribution in [0, 0.1) is 10.8 Å². The van der Waals surface area contributed by atoms with Gasteiger partial charge in [-0.2, -0.15) is 0 Å². The van der Waals surface area contributed by atoms with Crippen molar-refractivity contribution < 1.29 is 19.1 Å². The van der Waals surface area contributed by atoms with Crippen LogP contribution in [0.15, 0.2) is 24.3 Å². The molecule has 5 nitrogen and oxygen atoms in total. The van der Waals surface area contributed by atoms with E-state index >= 15 is 0 Å². The Hall–Kier alpha value is -2.17. The topological polar surface area (TPSA) is 63.7 Å². The normalized spacial score (nSPS) is 24.0. The summed E-state index contributed by atoms with van der Waals surface area (Å²) in [7, 11) is 1.61. The quantitative estimate of drug-likeness (QED) is 0.781. The van der Waals surface area contributed by atoms with Gasteiger partial charge in [0.1, 0.15) is 11.5 Å². The molecule has 0 N–H and O–H groups in total. The van der Waals surface area contributed by atoms with Crippen LogP contribution >= 0.6 is 0 Å². The first-order valence-corrected chi connectivity index (χ1v) is 9.41. The van der Waals surface area contributed by atoms with Crippen molar-refractivity contribution in [2.24, 2.45) is 10.8 Å². The lowest BCUT2D eigenvalue weighted by Crippen LogP contribution is -2.56. The third-order valence-electron chi connectivity index (χ3n) is 6.52. The number of Topliss-reactive ketones (excluding diaryl/α,β-unsaturated/α-hetero) is 1. The van der Waals surface area contributed by atoms with Crippen LogP contribution in [-0.4, -0.2) is 29.6 Å². The van der Waals surface area contributed by atoms with Gasteiger partial charge in [-0.05, 0) is 54.2 Å². The molecule has 2 amide bonds. The van der Waals surface area contributed by atoms with E-state index in [-0.39, 0.29) is 22.6 Å². The van der Waals surface area contributed by atoms with Crippen LogP contribution in [0.4, 0.5) is 0 Å². The van der Waals surface area contributed by atoms with E-state index in [2.05, 4.69) is 0 Å². The molecular weight excluding hydrogens is 330 g/mol. The zero-order valence-electron chi connectivity index (χ0n) is 15.3. The number of carbonyl (C=O) groups excluding carboxylic acids is 3. The fourth-order valence-corrected chi connectivity index (χ4v) is 5.33. The number of rotatable bonds is 3. The zero-order chi connectivity index (χ0) is 18.4. The van der Waals surface area contributed by atoms with Crippen LogP contribution in [0.1, 0.15) is 56.9 Å². The zero-order valence-corrected chi connectivity index (χ0v) is 15.3. The fraction of sp³-hybridized carbons (Fsp3) is 0.571. The Morgan fingerprint density at radius 1 is 0.923 bits per heavy atom. The molecule has 0 bridgehead atoms. The highest BCUT2D eigenvalue weighted by Crippen LogP contribution is 2.64. The first-order valence-electron chi connectivity index (χ1n) is 9.41. The van der Waals surface area contributed by atoms with Gasteiger partial charge in [0, 0.05) is 25.7 Å². The Morgan fingerprint density at radius 2 is 1.50 bits per heavy atom. The van der Waals surface area contributed by atoms with Crippen molar-refractivity contribution in [3.63, 3.8) is 0 Å². The number of methoxy groups -OCH3 is 1. The maximum Gasteiger partial charge on any atom is 0.230 e. The number of benzene rings is 1. The van der Waals surface area contributed by atoms with Crippen molar-refractivity contribution in [3.05, 3.63) is 29.8 Å². The number of nitrogens with zero attached hydrogens (tertiary/aromatic N) is 1. The average molecular weight is 355 g/mol. The molecule has 2 aliphatic carbocycles. The number of ketones is 1. The number of ether oxygens (including phenoxy) is 1. The van der Waals surface area contributed by atoms with Crippen LogP contribution in [0.2, 0.25) is 0 Å². The van der Waals surface area contributed by atoms with Crippen molar-refractivity contribution in [3.8, 4) is 5.75 Å². The maximum absolute atomic E-state index is 12.7. The number of hydrogen-bond donors (Lipinski definition) is 0. The van der Waals surface area contributed by atoms with Crippen molar-refractivity contribution in [1.29, 1.82) is 0 Å². The van der Waals surface area contributed by atoms with Gasteiger partial charge in [-0.3, -0.25) is 19.3 Å². The number of hydrogen-bond acceptors (Lipinski definition) is 4. The standard InChI is InChI=1S/C21H25NO4/c1-26-17-4-2-15(3-5-17)12-22-18(24)10-21(11-19(22)25)13-20(14-21)8-6-16(23)7-9-20/h2-5H,6-14H2,1H3. The molecule has 0 aromatic heterocycles. The van der Waals surface area contributed by atoms with Crippen molar-refractivity contribution in [2.75, 3.05) is 7.11 Å². The molecule has 4 rings (SSSR count). The summed E-state index contributed by atoms with van der Waals surface area (Å²) in [6.07, 6.45) is 6.00. The molecule has 3 fully saturated rings. The number of imide groups is 1. The third-order valence-corrected chi connectivity index (χ3v) is 6.52. The summed E-state index contributed by atoms with van der Waals surface area (Å²) in [4.78, 5) is 38.3. The second-order valence-electron chi connectivity index (χ2n) is 8.47. The maximum atomic E-state index is 12.7. The van der Waals surface area contributed by atoms with Gasteiger partial charge in [-0.1, -0.05) is 12.1 Å². The van der Waals surface area contributed by atoms with E-state index < -0.39 is 0 Å². The van der Waals surface area contributed by atoms with Crippen LogP contribution in [0.5, 0.6) is 5.75 Å². The molecule has 1 saturated heterocycles. The van der Waals surface area contributed by atoms with Crippen LogP contribution < -0.4 is 4.74 Å². The second kappa shape index (κ2) is 6.22. The molecule has 26 heavy (non-hydrogen) atoms. The molecule has 1 aromatic rings. The van der Waals surface area contributed by atoms with Gasteiger partial charge >= 0.3 is 0 Å². The lowest BCUT2D eigenvalue weighted by molar-refractivity contribution is -0.168. The number of likely N-dealkylation sites (tertiary alicyclic amines) is 1. The van der Waals surface area contributed by atoms with E-state index in [1.165, 1.54) is 4.90 Å². The van der Waals surface area contributed by atoms with E-state index in [9.17, 15) is 14.4 Å². The molecule has 2 saturated carbocycles. The van der Waals surface area contributed by atoms with E-state index in [0.717, 1.165) is 37.0 Å². The Bertz CT molecular complexity index is 714. The summed E-state index contributed by atoms with van der Waals surface area (Å²) in [6.45, 7) is 0.331. The smallest absolute Gasteiger partial charge is 0.230 e. The first-order chi connectivity index (χ1) is 12.4. The second-order valence-corrected chi connectivity index (χ2v) is 8.47. The minimum absolute atomic E-state index is 0.0567. The van der Waals surface area contributed by atoms with Crippen molar-refractivity contribution >= 4 is 17.6 Å². The van der Waals surface area contributed by atoms with E-state index in [1.807, 2.05) is 24.3 Å². The molecule has 1 heterocycles. The van der Waals surface area contributed by atoms with Gasteiger partial charge in [0.2, 0.25) is 11.8 Å². The molecule has 5 heteroatoms. The number of piperidine rings is 1. The summed E-state index contributed by atoms with van der Waals surface area (Å²) >= 11 is 0. The molecule has 0 unspecified atom stereocenters. The Labute approximate surface area is 153 Å². The van der Waals surface area contributed by atoms with Gasteiger partial charge in [-0.15, -0.1) is 0 Å². The Morgan fingerprint density at radius 3 is 2.04 bits per heavy atom. The molecule has 1 aliphatic heterocycles. The predicted molar refractivity (Wildman–Crippen MR) is 95.4 cm³/mol. The van der Waals surface area contributed by atoms with Crippen LogP contribution in [-0.2, 0) is 20.9 Å². The summed E-state index contributed by atoms with van der Waals surface area (Å²) in [6, 6.07) is 7.47. The highest BCUT2D eigenvalue weighted by Gasteiger charge is 2.58. The number of amides is 2. The van der Waals surface area contributed by atoms with E-state index in [1.54, 1.807) is 7.11 Å². The summed E-state index contributed by atoms with van der Waals surface area (Å²) < 4.78 is 5.14. The molecule has 2 spiro atoms. The lowest BCUT2D eigenvalue weighted by atomic mass is 9.46. The fourth-order valence-electron chi connectivity index (χ4n) is 5.33. The molecule has 3 aliphatic rings. The van der Waals surface area contributed by atoms with E-state index in [4.69, 9.17) is 4.74 Å². The Kier molecular flexibility index (Phi) is 4.13. The Balaban J connectivity index is 1.40. The lowest BCUT2D eigenvalue weighted by Gasteiger charge is -2.59. The van der Waals surface area contributed by atoms with Gasteiger partial charge in [0.15, 0.2) is 0 Å². The van der Waals surface area contributed by atoms with Gasteiger partial charge in [-0.25, -0.2) is 0 Å². The van der Waals surface area contributed by atoms with E-state index in [0.29, 0.717) is 38.0 Å². The highest BCUT2D eigenvalue weighted by molar-refractivity contribution is 5.98. The molecule has 0 radical (unpaired) electrons. The first kappa shape index (κ1) is 17.3. The van der Waals surface area contributed by atoms with Crippen LogP contribution in [0.25, 0.3) is 0 Å². The minimum Gasteiger partial charge on any atom is -0.497 e. The minimum atomic E-state index is -0.148. The summed E-state index contributed by atoms with van der Waals surface area (Å²) in [5.74, 6) is 1.00. The van der Waals surface area contributed by atoms with Crippen LogP contribution in [0.3, 0.4) is 0 Å². The number of carbonyl (C=O) groups is 3. The molecule has 138 valence electrons. The predicted octanol–water partition coefficient (Wildman–Crippen LogP) is 3.25. The molecule has 0 atom stereocenters. The highest BCUT2D eigenvalue weighted by atomic mass is 16.5. The van der Waals surface area contributed by atoms with Crippen molar-refractivity contribution in [2.45, 2.75) is 57.9 Å². The average Bonchev–Trinajstić information content (AvgIpc) is 2.60. The van der Waals surface area contributed by atoms with Gasteiger partial charge in [0.25, 0.3) is 0 Å².